The van der Waals surface area contributed by atoms with E-state index in [0.717, 1.165) is 5.56 Å². The lowest BCUT2D eigenvalue weighted by molar-refractivity contribution is -0.0187. The Balaban J connectivity index is 2.14. The van der Waals surface area contributed by atoms with Crippen LogP contribution >= 0.6 is 0 Å². The maximum absolute atomic E-state index is 12.5. The van der Waals surface area contributed by atoms with Crippen molar-refractivity contribution in [3.63, 3.8) is 0 Å². The van der Waals surface area contributed by atoms with Gasteiger partial charge < -0.3 is 13.9 Å². The molecule has 1 atom stereocenters. The van der Waals surface area contributed by atoms with E-state index in [1.807, 2.05) is 6.92 Å². The van der Waals surface area contributed by atoms with Crippen LogP contribution in [0.1, 0.15) is 17.4 Å². The van der Waals surface area contributed by atoms with Crippen molar-refractivity contribution >= 4 is 10.0 Å². The number of sulfonamides is 1. The molecule has 7 heteroatoms. The summed E-state index contributed by atoms with van der Waals surface area (Å²) in [4.78, 5) is 0.202. The van der Waals surface area contributed by atoms with Gasteiger partial charge >= 0.3 is 0 Å². The highest BCUT2D eigenvalue weighted by molar-refractivity contribution is 7.89. The van der Waals surface area contributed by atoms with E-state index in [-0.39, 0.29) is 11.7 Å². The molecule has 0 bridgehead atoms. The van der Waals surface area contributed by atoms with Crippen LogP contribution in [0.3, 0.4) is 0 Å². The van der Waals surface area contributed by atoms with Gasteiger partial charge in [0.15, 0.2) is 0 Å². The second-order valence-electron chi connectivity index (χ2n) is 5.13. The molecule has 1 unspecified atom stereocenters. The fraction of sp³-hybridized carbons (Fsp3) is 0.294. The fourth-order valence-corrected chi connectivity index (χ4v) is 3.16. The second-order valence-corrected chi connectivity index (χ2v) is 6.85. The highest BCUT2D eigenvalue weighted by Crippen LogP contribution is 2.19. The first kappa shape index (κ1) is 18.4. The topological polar surface area (TPSA) is 77.8 Å². The molecule has 0 radical (unpaired) electrons. The molecular formula is C17H21NO5S. The Labute approximate surface area is 142 Å². The van der Waals surface area contributed by atoms with Crippen LogP contribution in [0.15, 0.2) is 64.1 Å². The number of nitrogens with one attached hydrogen (secondary N) is 1. The van der Waals surface area contributed by atoms with Crippen molar-refractivity contribution in [2.75, 3.05) is 20.5 Å². The Morgan fingerprint density at radius 1 is 1.25 bits per heavy atom. The summed E-state index contributed by atoms with van der Waals surface area (Å²) in [5.74, 6) is 0.494. The molecule has 0 spiro atoms. The summed E-state index contributed by atoms with van der Waals surface area (Å²) < 4.78 is 43.0. The zero-order valence-corrected chi connectivity index (χ0v) is 14.5. The van der Waals surface area contributed by atoms with Gasteiger partial charge in [0, 0.05) is 7.11 Å². The van der Waals surface area contributed by atoms with Gasteiger partial charge in [0.05, 0.1) is 23.8 Å². The minimum Gasteiger partial charge on any atom is -0.467 e. The number of hydrogen-bond acceptors (Lipinski definition) is 5. The summed E-state index contributed by atoms with van der Waals surface area (Å²) in [6.45, 7) is 2.38. The minimum atomic E-state index is -3.68. The molecule has 0 amide bonds. The molecule has 6 nitrogen and oxygen atoms in total. The predicted octanol–water partition coefficient (Wildman–Crippen LogP) is 2.78. The molecule has 0 aliphatic heterocycles. The summed E-state index contributed by atoms with van der Waals surface area (Å²) in [5.41, 5.74) is 0.992. The van der Waals surface area contributed by atoms with E-state index in [9.17, 15) is 8.42 Å². The lowest BCUT2D eigenvalue weighted by Gasteiger charge is -2.13. The maximum Gasteiger partial charge on any atom is 0.241 e. The monoisotopic (exact) mass is 351 g/mol. The fourth-order valence-electron chi connectivity index (χ4n) is 2.00. The van der Waals surface area contributed by atoms with Crippen LogP contribution in [0.5, 0.6) is 0 Å². The van der Waals surface area contributed by atoms with Crippen LogP contribution in [-0.4, -0.2) is 28.9 Å². The third kappa shape index (κ3) is 5.31. The van der Waals surface area contributed by atoms with Gasteiger partial charge in [-0.1, -0.05) is 29.8 Å². The SMILES string of the molecule is COCOC/C=C\C(NS(=O)(=O)c1ccc(C)cc1)c1ccco1. The van der Waals surface area contributed by atoms with Gasteiger partial charge in [0.1, 0.15) is 12.6 Å². The van der Waals surface area contributed by atoms with E-state index < -0.39 is 16.1 Å². The number of rotatable bonds is 9. The van der Waals surface area contributed by atoms with E-state index in [2.05, 4.69) is 4.72 Å². The van der Waals surface area contributed by atoms with Crippen LogP contribution in [0, 0.1) is 6.92 Å². The number of hydrogen-bond donors (Lipinski definition) is 1. The largest absolute Gasteiger partial charge is 0.467 e. The molecule has 2 rings (SSSR count). The molecule has 1 aromatic heterocycles. The van der Waals surface area contributed by atoms with Crippen LogP contribution in [0.2, 0.25) is 0 Å². The Morgan fingerprint density at radius 2 is 2.00 bits per heavy atom. The molecule has 1 N–H and O–H groups in total. The molecule has 1 aromatic carbocycles. The molecule has 0 saturated heterocycles. The summed E-state index contributed by atoms with van der Waals surface area (Å²) in [5, 5.41) is 0. The Morgan fingerprint density at radius 3 is 2.62 bits per heavy atom. The lowest BCUT2D eigenvalue weighted by Crippen LogP contribution is -2.27. The van der Waals surface area contributed by atoms with Crippen molar-refractivity contribution in [1.29, 1.82) is 0 Å². The first-order chi connectivity index (χ1) is 11.5. The summed E-state index contributed by atoms with van der Waals surface area (Å²) in [7, 11) is -2.14. The third-order valence-corrected chi connectivity index (χ3v) is 4.66. The summed E-state index contributed by atoms with van der Waals surface area (Å²) >= 11 is 0. The smallest absolute Gasteiger partial charge is 0.241 e. The average Bonchev–Trinajstić information content (AvgIpc) is 3.08. The zero-order chi connectivity index (χ0) is 17.4. The van der Waals surface area contributed by atoms with Gasteiger partial charge in [0.25, 0.3) is 0 Å². The van der Waals surface area contributed by atoms with E-state index >= 15 is 0 Å². The number of aryl methyl sites for hydroxylation is 1. The highest BCUT2D eigenvalue weighted by Gasteiger charge is 2.21. The highest BCUT2D eigenvalue weighted by atomic mass is 32.2. The molecule has 0 fully saturated rings. The standard InChI is InChI=1S/C17H21NO5S/c1-14-7-9-15(10-8-14)24(19,20)18-16(17-6-4-12-23-17)5-3-11-22-13-21-2/h3-10,12,16,18H,11,13H2,1-2H3/b5-3-. The Hall–Kier alpha value is -1.93. The first-order valence-electron chi connectivity index (χ1n) is 7.38. The number of furan rings is 1. The second kappa shape index (κ2) is 8.79. The van der Waals surface area contributed by atoms with Gasteiger partial charge in [-0.25, -0.2) is 8.42 Å². The quantitative estimate of drug-likeness (QED) is 0.427. The number of methoxy groups -OCH3 is 1. The third-order valence-electron chi connectivity index (χ3n) is 3.21. The lowest BCUT2D eigenvalue weighted by atomic mass is 10.2. The molecule has 1 heterocycles. The molecule has 0 aliphatic carbocycles. The van der Waals surface area contributed by atoms with Crippen LogP contribution in [0.25, 0.3) is 0 Å². The van der Waals surface area contributed by atoms with Gasteiger partial charge in [0.2, 0.25) is 10.0 Å². The molecule has 130 valence electrons. The molecule has 24 heavy (non-hydrogen) atoms. The van der Waals surface area contributed by atoms with Crippen molar-refractivity contribution in [2.45, 2.75) is 17.9 Å². The van der Waals surface area contributed by atoms with E-state index in [1.54, 1.807) is 48.6 Å². The van der Waals surface area contributed by atoms with Crippen molar-refractivity contribution in [2.24, 2.45) is 0 Å². The number of ether oxygens (including phenoxy) is 2. The van der Waals surface area contributed by atoms with Crippen molar-refractivity contribution in [1.82, 2.24) is 4.72 Å². The van der Waals surface area contributed by atoms with Crippen molar-refractivity contribution in [3.05, 3.63) is 66.1 Å². The molecular weight excluding hydrogens is 330 g/mol. The normalized spacial score (nSPS) is 13.4. The number of benzene rings is 1. The van der Waals surface area contributed by atoms with Gasteiger partial charge in [-0.15, -0.1) is 0 Å². The van der Waals surface area contributed by atoms with Gasteiger partial charge in [-0.2, -0.15) is 4.72 Å². The van der Waals surface area contributed by atoms with Crippen LogP contribution < -0.4 is 4.72 Å². The minimum absolute atomic E-state index is 0.171. The van der Waals surface area contributed by atoms with E-state index in [0.29, 0.717) is 12.4 Å². The van der Waals surface area contributed by atoms with E-state index in [1.165, 1.54) is 13.4 Å². The molecule has 0 saturated carbocycles. The zero-order valence-electron chi connectivity index (χ0n) is 13.6. The van der Waals surface area contributed by atoms with Crippen molar-refractivity contribution in [3.8, 4) is 0 Å². The maximum atomic E-state index is 12.5. The Bertz CT molecular complexity index is 736. The molecule has 0 aliphatic rings. The predicted molar refractivity (Wildman–Crippen MR) is 89.9 cm³/mol. The van der Waals surface area contributed by atoms with Crippen LogP contribution in [0.4, 0.5) is 0 Å². The Kier molecular flexibility index (Phi) is 6.74. The van der Waals surface area contributed by atoms with Gasteiger partial charge in [-0.3, -0.25) is 0 Å². The average molecular weight is 351 g/mol. The molecule has 2 aromatic rings. The summed E-state index contributed by atoms with van der Waals surface area (Å²) in [6.07, 6.45) is 4.89. The summed E-state index contributed by atoms with van der Waals surface area (Å²) in [6, 6.07) is 9.44. The van der Waals surface area contributed by atoms with Crippen LogP contribution in [-0.2, 0) is 19.5 Å². The first-order valence-corrected chi connectivity index (χ1v) is 8.87. The van der Waals surface area contributed by atoms with Crippen molar-refractivity contribution < 1.29 is 22.3 Å². The van der Waals surface area contributed by atoms with E-state index in [4.69, 9.17) is 13.9 Å². The van der Waals surface area contributed by atoms with Gasteiger partial charge in [-0.05, 0) is 31.2 Å².